The first kappa shape index (κ1) is 44.4. The number of alkyl carbamates (subject to hydrolysis) is 1. The van der Waals surface area contributed by atoms with Crippen molar-refractivity contribution < 1.29 is 62.5 Å². The Balaban J connectivity index is 1.50. The minimum Gasteiger partial charge on any atom is -0.456 e. The minimum absolute atomic E-state index is 0.00597. The molecule has 1 heterocycles. The van der Waals surface area contributed by atoms with Gasteiger partial charge in [-0.3, -0.25) is 9.59 Å². The summed E-state index contributed by atoms with van der Waals surface area (Å²) in [5.74, 6) is -3.18. The number of fused-ring (bicyclic) bond motifs is 5. The van der Waals surface area contributed by atoms with E-state index in [0.29, 0.717) is 16.7 Å². The van der Waals surface area contributed by atoms with Crippen molar-refractivity contribution in [3.05, 3.63) is 82.9 Å². The highest BCUT2D eigenvalue weighted by Gasteiger charge is 2.77. The molecule has 2 bridgehead atoms. The number of ether oxygens (including phenoxy) is 7. The van der Waals surface area contributed by atoms with Crippen LogP contribution in [0.5, 0.6) is 0 Å². The molecule has 6 rings (SSSR count). The van der Waals surface area contributed by atoms with E-state index in [0.717, 1.165) is 5.56 Å². The summed E-state index contributed by atoms with van der Waals surface area (Å²) in [6.45, 7) is 13.3. The van der Waals surface area contributed by atoms with Crippen LogP contribution in [0, 0.1) is 16.7 Å². The van der Waals surface area contributed by atoms with Crippen LogP contribution < -0.4 is 5.32 Å². The highest BCUT2D eigenvalue weighted by atomic mass is 16.6. The number of Topliss-reactive ketones (excluding diaryl/α,β-unsaturated/α-hetero) is 1. The van der Waals surface area contributed by atoms with E-state index in [4.69, 9.17) is 33.2 Å². The molecule has 0 unspecified atom stereocenters. The molecule has 0 aromatic heterocycles. The fraction of sp³-hybridized carbons (Fsp3) is 0.600. The lowest BCUT2D eigenvalue weighted by Crippen LogP contribution is -2.81. The SMILES string of the molecule is CO[C@H]1C(=O)[C@]2(C)[C@@H](OC)C[C@H]3OC[C@@]3(OC(C)=O)[C@H]2[C@H](OCc2ccccc2)[C@]2(O)C[C@H](OC(=O)[C@H](O)[C@@H](NC(=O)OC(C)(C)C)c3ccccc3)C(C)=C1C2(C)C. The number of hydrogen-bond donors (Lipinski definition) is 3. The number of carbonyl (C=O) groups is 4. The van der Waals surface area contributed by atoms with Crippen molar-refractivity contribution in [3.63, 3.8) is 0 Å². The molecule has 11 atom stereocenters. The number of carbonyl (C=O) groups excluding carboxylic acids is 4. The van der Waals surface area contributed by atoms with Gasteiger partial charge in [-0.25, -0.2) is 9.59 Å². The van der Waals surface area contributed by atoms with Gasteiger partial charge in [0, 0.05) is 45.3 Å². The summed E-state index contributed by atoms with van der Waals surface area (Å²) in [6.07, 6.45) is -8.15. The highest BCUT2D eigenvalue weighted by molar-refractivity contribution is 5.94. The number of benzene rings is 2. The molecule has 1 aliphatic heterocycles. The van der Waals surface area contributed by atoms with Crippen LogP contribution in [0.1, 0.15) is 85.4 Å². The lowest BCUT2D eigenvalue weighted by atomic mass is 9.44. The first-order valence-electron chi connectivity index (χ1n) is 20.1. The number of hydrogen-bond acceptors (Lipinski definition) is 13. The topological polar surface area (TPSA) is 185 Å². The fourth-order valence-electron chi connectivity index (χ4n) is 10.1. The molecule has 0 radical (unpaired) electrons. The fourth-order valence-corrected chi connectivity index (χ4v) is 10.1. The van der Waals surface area contributed by atoms with E-state index >= 15 is 4.79 Å². The summed E-state index contributed by atoms with van der Waals surface area (Å²) in [4.78, 5) is 55.8. The number of ketones is 1. The Morgan fingerprint density at radius 1 is 0.983 bits per heavy atom. The van der Waals surface area contributed by atoms with Gasteiger partial charge < -0.3 is 48.7 Å². The average molecular weight is 822 g/mol. The summed E-state index contributed by atoms with van der Waals surface area (Å²) in [7, 11) is 2.90. The third-order valence-corrected chi connectivity index (χ3v) is 13.1. The molecule has 322 valence electrons. The summed E-state index contributed by atoms with van der Waals surface area (Å²) in [5, 5.41) is 28.1. The van der Waals surface area contributed by atoms with Crippen LogP contribution in [0.25, 0.3) is 0 Å². The van der Waals surface area contributed by atoms with Gasteiger partial charge in [-0.2, -0.15) is 0 Å². The van der Waals surface area contributed by atoms with Gasteiger partial charge in [0.05, 0.1) is 36.9 Å². The molecular weight excluding hydrogens is 762 g/mol. The normalized spacial score (nSPS) is 33.5. The first-order valence-corrected chi connectivity index (χ1v) is 20.1. The molecule has 0 spiro atoms. The molecule has 1 amide bonds. The van der Waals surface area contributed by atoms with Gasteiger partial charge in [-0.05, 0) is 56.9 Å². The molecule has 1 saturated heterocycles. The maximum absolute atomic E-state index is 15.5. The molecule has 2 saturated carbocycles. The van der Waals surface area contributed by atoms with Crippen molar-refractivity contribution in [1.29, 1.82) is 0 Å². The van der Waals surface area contributed by atoms with Gasteiger partial charge in [0.2, 0.25) is 0 Å². The second-order valence-electron chi connectivity index (χ2n) is 18.0. The van der Waals surface area contributed by atoms with Crippen molar-refractivity contribution >= 4 is 23.8 Å². The average Bonchev–Trinajstić information content (AvgIpc) is 3.16. The van der Waals surface area contributed by atoms with Crippen molar-refractivity contribution in [2.24, 2.45) is 16.7 Å². The van der Waals surface area contributed by atoms with E-state index in [1.54, 1.807) is 78.8 Å². The summed E-state index contributed by atoms with van der Waals surface area (Å²) in [5.41, 5.74) is -5.08. The van der Waals surface area contributed by atoms with Crippen molar-refractivity contribution in [2.45, 2.75) is 134 Å². The van der Waals surface area contributed by atoms with E-state index in [9.17, 15) is 24.6 Å². The lowest BCUT2D eigenvalue weighted by molar-refractivity contribution is -0.353. The standard InChI is InChI=1S/C45H59NO13/c1-25-29(57-39(50)34(48)33(28-19-15-12-16-20-28)46-40(51)59-41(3,4)5)22-45(52)38(55-23-27-17-13-11-14-18-27)36-43(8,37(49)35(54-10)32(25)42(45,6)7)30(53-9)21-31-44(36,24-56-31)58-26(2)47/h11-20,29-31,33-36,38,48,52H,21-24H2,1-10H3,(H,46,51)/t29-,30-,31+,33-,34+,35+,36-,38-,43+,44-,45+/m0/s1. The van der Waals surface area contributed by atoms with Gasteiger partial charge in [0.25, 0.3) is 0 Å². The highest BCUT2D eigenvalue weighted by Crippen LogP contribution is 2.64. The zero-order chi connectivity index (χ0) is 43.3. The monoisotopic (exact) mass is 821 g/mol. The number of rotatable bonds is 11. The quantitative estimate of drug-likeness (QED) is 0.158. The molecule has 59 heavy (non-hydrogen) atoms. The van der Waals surface area contributed by atoms with Crippen LogP contribution >= 0.6 is 0 Å². The molecule has 3 N–H and O–H groups in total. The van der Waals surface area contributed by atoms with E-state index in [1.165, 1.54) is 21.1 Å². The Bertz CT molecular complexity index is 1930. The van der Waals surface area contributed by atoms with Crippen LogP contribution in [0.4, 0.5) is 4.79 Å². The van der Waals surface area contributed by atoms with Crippen LogP contribution in [-0.4, -0.2) is 108 Å². The zero-order valence-corrected chi connectivity index (χ0v) is 35.6. The largest absolute Gasteiger partial charge is 0.456 e. The third-order valence-electron chi connectivity index (χ3n) is 13.1. The zero-order valence-electron chi connectivity index (χ0n) is 35.6. The Kier molecular flexibility index (Phi) is 12.3. The predicted octanol–water partition coefficient (Wildman–Crippen LogP) is 4.93. The summed E-state index contributed by atoms with van der Waals surface area (Å²) < 4.78 is 43.1. The van der Waals surface area contributed by atoms with E-state index in [2.05, 4.69) is 5.32 Å². The van der Waals surface area contributed by atoms with Crippen molar-refractivity contribution in [3.8, 4) is 0 Å². The Hall–Kier alpha value is -4.18. The van der Waals surface area contributed by atoms with Crippen LogP contribution in [-0.2, 0) is 54.1 Å². The molecule has 3 aliphatic carbocycles. The van der Waals surface area contributed by atoms with Crippen molar-refractivity contribution in [1.82, 2.24) is 5.32 Å². The van der Waals surface area contributed by atoms with Crippen LogP contribution in [0.3, 0.4) is 0 Å². The van der Waals surface area contributed by atoms with Gasteiger partial charge in [-0.1, -0.05) is 74.5 Å². The van der Waals surface area contributed by atoms with Crippen LogP contribution in [0.15, 0.2) is 71.8 Å². The van der Waals surface area contributed by atoms with Gasteiger partial charge >= 0.3 is 18.0 Å². The molecule has 14 nitrogen and oxygen atoms in total. The molecule has 3 fully saturated rings. The Morgan fingerprint density at radius 3 is 2.15 bits per heavy atom. The number of aliphatic hydroxyl groups is 2. The van der Waals surface area contributed by atoms with Gasteiger partial charge in [-0.15, -0.1) is 0 Å². The number of aliphatic hydroxyl groups excluding tert-OH is 1. The predicted molar refractivity (Wildman–Crippen MR) is 213 cm³/mol. The number of methoxy groups -OCH3 is 2. The summed E-state index contributed by atoms with van der Waals surface area (Å²) in [6, 6.07) is 16.5. The number of amides is 1. The molecular formula is C45H59NO13. The smallest absolute Gasteiger partial charge is 0.408 e. The second kappa shape index (κ2) is 16.4. The minimum atomic E-state index is -1.98. The Labute approximate surface area is 345 Å². The molecule has 2 aromatic carbocycles. The molecule has 14 heteroatoms. The molecule has 4 aliphatic rings. The van der Waals surface area contributed by atoms with Gasteiger partial charge in [0.15, 0.2) is 17.5 Å². The third kappa shape index (κ3) is 7.72. The van der Waals surface area contributed by atoms with Crippen LogP contribution in [0.2, 0.25) is 0 Å². The Morgan fingerprint density at radius 2 is 1.61 bits per heavy atom. The molecule has 2 aromatic rings. The van der Waals surface area contributed by atoms with Gasteiger partial charge in [0.1, 0.15) is 29.5 Å². The van der Waals surface area contributed by atoms with Crippen molar-refractivity contribution in [2.75, 3.05) is 20.8 Å². The maximum Gasteiger partial charge on any atom is 0.408 e. The first-order chi connectivity index (χ1) is 27.7. The van der Waals surface area contributed by atoms with E-state index < -0.39 is 100 Å². The second-order valence-corrected chi connectivity index (χ2v) is 18.0. The maximum atomic E-state index is 15.5. The van der Waals surface area contributed by atoms with E-state index in [-0.39, 0.29) is 26.1 Å². The number of esters is 2. The van der Waals surface area contributed by atoms with E-state index in [1.807, 2.05) is 30.3 Å². The summed E-state index contributed by atoms with van der Waals surface area (Å²) >= 11 is 0. The number of nitrogens with one attached hydrogen (secondary N) is 1. The lowest BCUT2D eigenvalue weighted by Gasteiger charge is -2.68.